The van der Waals surface area contributed by atoms with Crippen LogP contribution in [-0.4, -0.2) is 38.9 Å². The Morgan fingerprint density at radius 2 is 1.74 bits per heavy atom. The third-order valence-corrected chi connectivity index (χ3v) is 5.21. The smallest absolute Gasteiger partial charge is 0.264 e. The first-order valence-electron chi connectivity index (χ1n) is 9.11. The number of H-pyrrole nitrogens is 2. The molecule has 1 fully saturated rings. The summed E-state index contributed by atoms with van der Waals surface area (Å²) in [5, 5.41) is 7.73. The first kappa shape index (κ1) is 17.3. The number of hydrogen-bond acceptors (Lipinski definition) is 4. The molecule has 1 aliphatic carbocycles. The Hall–Kier alpha value is -3.16. The number of hydrogen-bond donors (Lipinski definition) is 3. The van der Waals surface area contributed by atoms with Crippen LogP contribution in [0.25, 0.3) is 0 Å². The number of carbonyl (C=O) groups is 3. The Balaban J connectivity index is 1.51. The van der Waals surface area contributed by atoms with Gasteiger partial charge in [0.1, 0.15) is 0 Å². The van der Waals surface area contributed by atoms with E-state index >= 15 is 0 Å². The van der Waals surface area contributed by atoms with Gasteiger partial charge in [0.05, 0.1) is 23.4 Å². The van der Waals surface area contributed by atoms with Crippen molar-refractivity contribution in [1.29, 1.82) is 0 Å². The molecule has 1 saturated carbocycles. The van der Waals surface area contributed by atoms with Crippen molar-refractivity contribution in [2.75, 3.05) is 0 Å². The largest absolute Gasteiger partial charge is 0.346 e. The van der Waals surface area contributed by atoms with Crippen molar-refractivity contribution in [2.45, 2.75) is 44.7 Å². The molecule has 2 heterocycles. The lowest BCUT2D eigenvalue weighted by Gasteiger charge is -2.29. The molecule has 1 aromatic carbocycles. The highest BCUT2D eigenvalue weighted by Crippen LogP contribution is 2.31. The van der Waals surface area contributed by atoms with Gasteiger partial charge in [0, 0.05) is 17.7 Å². The minimum atomic E-state index is -0.379. The summed E-state index contributed by atoms with van der Waals surface area (Å²) in [7, 11) is 0. The van der Waals surface area contributed by atoms with Gasteiger partial charge in [-0.15, -0.1) is 0 Å². The zero-order valence-electron chi connectivity index (χ0n) is 14.7. The average Bonchev–Trinajstić information content (AvgIpc) is 3.21. The van der Waals surface area contributed by atoms with E-state index in [0.717, 1.165) is 32.1 Å². The van der Waals surface area contributed by atoms with E-state index in [2.05, 4.69) is 15.5 Å². The Morgan fingerprint density at radius 3 is 2.44 bits per heavy atom. The van der Waals surface area contributed by atoms with E-state index in [1.165, 1.54) is 17.0 Å². The highest BCUT2D eigenvalue weighted by molar-refractivity contribution is 6.22. The molecule has 0 atom stereocenters. The maximum atomic E-state index is 12.8. The molecule has 3 amide bonds. The van der Waals surface area contributed by atoms with Crippen molar-refractivity contribution in [3.63, 3.8) is 0 Å². The van der Waals surface area contributed by atoms with Gasteiger partial charge in [-0.05, 0) is 31.0 Å². The van der Waals surface area contributed by atoms with Gasteiger partial charge in [-0.1, -0.05) is 19.3 Å². The number of nitrogens with zero attached hydrogens (tertiary/aromatic N) is 1. The summed E-state index contributed by atoms with van der Waals surface area (Å²) >= 11 is 0. The number of aromatic amines is 2. The molecule has 8 heteroatoms. The second-order valence-corrected chi connectivity index (χ2v) is 7.00. The molecule has 1 aromatic heterocycles. The average molecular weight is 368 g/mol. The molecule has 4 rings (SSSR count). The van der Waals surface area contributed by atoms with Gasteiger partial charge in [-0.3, -0.25) is 29.2 Å². The fourth-order valence-corrected chi connectivity index (χ4v) is 3.82. The SMILES string of the molecule is O=C(NCc1cc(=O)[nH][nH]1)c1ccc2c(c1)C(=O)N(C1CCCCC1)C2=O. The molecule has 27 heavy (non-hydrogen) atoms. The van der Waals surface area contributed by atoms with Crippen LogP contribution in [0.3, 0.4) is 0 Å². The number of amides is 3. The Bertz CT molecular complexity index is 968. The molecule has 2 aliphatic rings. The van der Waals surface area contributed by atoms with Crippen LogP contribution >= 0.6 is 0 Å². The predicted octanol–water partition coefficient (Wildman–Crippen LogP) is 1.56. The minimum Gasteiger partial charge on any atom is -0.346 e. The van der Waals surface area contributed by atoms with Crippen molar-refractivity contribution in [2.24, 2.45) is 0 Å². The zero-order valence-corrected chi connectivity index (χ0v) is 14.7. The molecule has 0 radical (unpaired) electrons. The number of aromatic nitrogens is 2. The van der Waals surface area contributed by atoms with Crippen molar-refractivity contribution < 1.29 is 14.4 Å². The number of imide groups is 1. The van der Waals surface area contributed by atoms with Crippen LogP contribution in [0.1, 0.15) is 68.9 Å². The van der Waals surface area contributed by atoms with Crippen LogP contribution in [-0.2, 0) is 6.54 Å². The molecule has 8 nitrogen and oxygen atoms in total. The minimum absolute atomic E-state index is 0.0474. The van der Waals surface area contributed by atoms with Gasteiger partial charge in [-0.25, -0.2) is 0 Å². The van der Waals surface area contributed by atoms with E-state index in [0.29, 0.717) is 16.8 Å². The summed E-state index contributed by atoms with van der Waals surface area (Å²) in [5.41, 5.74) is 1.22. The third-order valence-electron chi connectivity index (χ3n) is 5.21. The van der Waals surface area contributed by atoms with E-state index in [-0.39, 0.29) is 41.4 Å². The molecule has 2 aromatic rings. The summed E-state index contributed by atoms with van der Waals surface area (Å²) in [6.45, 7) is 0.149. The van der Waals surface area contributed by atoms with Crippen LogP contribution in [0.2, 0.25) is 0 Å². The fourth-order valence-electron chi connectivity index (χ4n) is 3.82. The second kappa shape index (κ2) is 6.86. The molecular weight excluding hydrogens is 348 g/mol. The van der Waals surface area contributed by atoms with Crippen molar-refractivity contribution in [3.05, 3.63) is 57.0 Å². The lowest BCUT2D eigenvalue weighted by atomic mass is 9.94. The van der Waals surface area contributed by atoms with Crippen LogP contribution < -0.4 is 10.9 Å². The van der Waals surface area contributed by atoms with Crippen molar-refractivity contribution in [1.82, 2.24) is 20.4 Å². The lowest BCUT2D eigenvalue weighted by Crippen LogP contribution is -2.40. The van der Waals surface area contributed by atoms with Crippen LogP contribution in [0.5, 0.6) is 0 Å². The topological polar surface area (TPSA) is 115 Å². The van der Waals surface area contributed by atoms with Gasteiger partial charge in [0.25, 0.3) is 23.3 Å². The first-order chi connectivity index (χ1) is 13.0. The van der Waals surface area contributed by atoms with Gasteiger partial charge in [-0.2, -0.15) is 0 Å². The fraction of sp³-hybridized carbons (Fsp3) is 0.368. The second-order valence-electron chi connectivity index (χ2n) is 7.00. The van der Waals surface area contributed by atoms with Gasteiger partial charge < -0.3 is 10.4 Å². The highest BCUT2D eigenvalue weighted by atomic mass is 16.2. The van der Waals surface area contributed by atoms with E-state index in [4.69, 9.17) is 0 Å². The Labute approximate surface area is 154 Å². The molecule has 0 saturated heterocycles. The summed E-state index contributed by atoms with van der Waals surface area (Å²) in [6, 6.07) is 5.88. The van der Waals surface area contributed by atoms with E-state index in [1.807, 2.05) is 0 Å². The Morgan fingerprint density at radius 1 is 1.00 bits per heavy atom. The third kappa shape index (κ3) is 3.18. The van der Waals surface area contributed by atoms with Crippen LogP contribution in [0.15, 0.2) is 29.1 Å². The van der Waals surface area contributed by atoms with Gasteiger partial charge >= 0.3 is 0 Å². The normalized spacial score (nSPS) is 17.3. The summed E-state index contributed by atoms with van der Waals surface area (Å²) in [4.78, 5) is 50.3. The number of rotatable bonds is 4. The zero-order chi connectivity index (χ0) is 19.0. The molecule has 1 aliphatic heterocycles. The standard InChI is InChI=1S/C19H20N4O4/c24-16-9-12(21-22-16)10-20-17(25)11-6-7-14-15(8-11)19(27)23(18(14)26)13-4-2-1-3-5-13/h6-9,13H,1-5,10H2,(H,20,25)(H2,21,22,24). The summed E-state index contributed by atoms with van der Waals surface area (Å²) in [5.74, 6) is -0.957. The summed E-state index contributed by atoms with van der Waals surface area (Å²) < 4.78 is 0. The number of fused-ring (bicyclic) bond motifs is 1. The molecule has 140 valence electrons. The van der Waals surface area contributed by atoms with Crippen molar-refractivity contribution >= 4 is 17.7 Å². The molecule has 0 unspecified atom stereocenters. The molecule has 0 spiro atoms. The highest BCUT2D eigenvalue weighted by Gasteiger charge is 2.40. The Kier molecular flexibility index (Phi) is 4.39. The van der Waals surface area contributed by atoms with Crippen molar-refractivity contribution in [3.8, 4) is 0 Å². The maximum Gasteiger partial charge on any atom is 0.264 e. The maximum absolute atomic E-state index is 12.8. The molecular formula is C19H20N4O4. The predicted molar refractivity (Wildman–Crippen MR) is 96.4 cm³/mol. The number of carbonyl (C=O) groups excluding carboxylic acids is 3. The van der Waals surface area contributed by atoms with Gasteiger partial charge in [0.2, 0.25) is 0 Å². The van der Waals surface area contributed by atoms with Crippen LogP contribution in [0.4, 0.5) is 0 Å². The van der Waals surface area contributed by atoms with E-state index < -0.39 is 0 Å². The van der Waals surface area contributed by atoms with E-state index in [1.54, 1.807) is 12.1 Å². The summed E-state index contributed by atoms with van der Waals surface area (Å²) in [6.07, 6.45) is 4.86. The van der Waals surface area contributed by atoms with Crippen LogP contribution in [0, 0.1) is 0 Å². The molecule has 3 N–H and O–H groups in total. The quantitative estimate of drug-likeness (QED) is 0.710. The lowest BCUT2D eigenvalue weighted by molar-refractivity contribution is 0.0549. The first-order valence-corrected chi connectivity index (χ1v) is 9.11. The number of nitrogens with one attached hydrogen (secondary N) is 3. The number of benzene rings is 1. The molecule has 0 bridgehead atoms. The van der Waals surface area contributed by atoms with E-state index in [9.17, 15) is 19.2 Å². The monoisotopic (exact) mass is 368 g/mol. The van der Waals surface area contributed by atoms with Gasteiger partial charge in [0.15, 0.2) is 0 Å².